The van der Waals surface area contributed by atoms with Gasteiger partial charge in [-0.1, -0.05) is 12.1 Å². The number of hydrogen-bond donors (Lipinski definition) is 1. The summed E-state index contributed by atoms with van der Waals surface area (Å²) >= 11 is 0. The zero-order valence-corrected chi connectivity index (χ0v) is 14.8. The van der Waals surface area contributed by atoms with E-state index in [1.165, 1.54) is 12.1 Å². The van der Waals surface area contributed by atoms with Gasteiger partial charge in [0.2, 0.25) is 0 Å². The lowest BCUT2D eigenvalue weighted by atomic mass is 10.1. The van der Waals surface area contributed by atoms with Crippen molar-refractivity contribution in [1.29, 1.82) is 0 Å². The maximum Gasteiger partial charge on any atom is 0.274 e. The van der Waals surface area contributed by atoms with Crippen LogP contribution in [-0.4, -0.2) is 39.7 Å². The Balaban J connectivity index is 1.78. The number of nitrogens with zero attached hydrogens (tertiary/aromatic N) is 3. The number of halogens is 1. The second-order valence-electron chi connectivity index (χ2n) is 6.80. The van der Waals surface area contributed by atoms with E-state index in [0.717, 1.165) is 28.9 Å². The maximum absolute atomic E-state index is 13.3. The molecule has 1 fully saturated rings. The fourth-order valence-electron chi connectivity index (χ4n) is 3.28. The summed E-state index contributed by atoms with van der Waals surface area (Å²) in [6.45, 7) is 5.06. The monoisotopic (exact) mass is 363 g/mol. The quantitative estimate of drug-likeness (QED) is 0.778. The maximum atomic E-state index is 13.3. The molecule has 3 aromatic rings. The van der Waals surface area contributed by atoms with E-state index in [4.69, 9.17) is 5.73 Å². The van der Waals surface area contributed by atoms with Crippen molar-refractivity contribution in [3.63, 3.8) is 0 Å². The summed E-state index contributed by atoms with van der Waals surface area (Å²) in [5.41, 5.74) is 9.46. The molecule has 2 heterocycles. The van der Waals surface area contributed by atoms with Crippen molar-refractivity contribution >= 4 is 5.91 Å². The summed E-state index contributed by atoms with van der Waals surface area (Å²) in [4.78, 5) is 14.6. The Morgan fingerprint density at radius 1 is 1.15 bits per heavy atom. The number of carbonyl (C=O) groups is 1. The summed E-state index contributed by atoms with van der Waals surface area (Å²) in [5.74, 6) is -0.451. The van der Waals surface area contributed by atoms with Crippen LogP contribution in [0.2, 0.25) is 0 Å². The molecule has 2 aromatic carbocycles. The Morgan fingerprint density at radius 3 is 2.48 bits per heavy atom. The van der Waals surface area contributed by atoms with Crippen LogP contribution >= 0.6 is 0 Å². The lowest BCUT2D eigenvalue weighted by Crippen LogP contribution is -2.32. The molecule has 137 valence electrons. The number of aromatic nitrogens is 2. The minimum atomic E-state index is -0.312. The smallest absolute Gasteiger partial charge is 0.274 e. The molecule has 27 heavy (non-hydrogen) atoms. The third-order valence-electron chi connectivity index (χ3n) is 4.76. The highest BCUT2D eigenvalue weighted by molar-refractivity contribution is 5.94. The first kappa shape index (κ1) is 17.4. The molecule has 1 aromatic heterocycles. The summed E-state index contributed by atoms with van der Waals surface area (Å²) in [7, 11) is 0. The molecule has 1 amide bonds. The van der Waals surface area contributed by atoms with Crippen molar-refractivity contribution in [1.82, 2.24) is 14.7 Å². The van der Waals surface area contributed by atoms with Crippen LogP contribution in [0.1, 0.15) is 22.5 Å². The van der Waals surface area contributed by atoms with Gasteiger partial charge in [-0.15, -0.1) is 0 Å². The van der Waals surface area contributed by atoms with E-state index in [1.54, 1.807) is 27.8 Å². The predicted octanol–water partition coefficient (Wildman–Crippen LogP) is 3.03. The summed E-state index contributed by atoms with van der Waals surface area (Å²) < 4.78 is 15.0. The molecule has 1 aliphatic rings. The van der Waals surface area contributed by atoms with Gasteiger partial charge in [-0.3, -0.25) is 4.79 Å². The van der Waals surface area contributed by atoms with Gasteiger partial charge in [0.25, 0.3) is 5.91 Å². The van der Waals surface area contributed by atoms with Crippen LogP contribution in [0, 0.1) is 12.7 Å². The molecule has 1 aliphatic heterocycles. The van der Waals surface area contributed by atoms with E-state index in [0.29, 0.717) is 18.8 Å². The lowest BCUT2D eigenvalue weighted by Gasteiger charge is -2.13. The Labute approximate surface area is 157 Å². The van der Waals surface area contributed by atoms with Crippen LogP contribution in [0.4, 0.5) is 4.39 Å². The van der Waals surface area contributed by atoms with E-state index in [2.05, 4.69) is 12.0 Å². The molecule has 0 unspecified atom stereocenters. The molecule has 0 spiro atoms. The number of carbonyl (C=O) groups excluding carboxylic acids is 1. The van der Waals surface area contributed by atoms with Gasteiger partial charge in [0, 0.05) is 24.7 Å². The van der Waals surface area contributed by atoms with Gasteiger partial charge in [0.15, 0.2) is 5.69 Å². The average molecular weight is 363 g/mol. The minimum absolute atomic E-state index is 0.0113. The number of hydrogen-bond acceptors (Lipinski definition) is 3. The summed E-state index contributed by atoms with van der Waals surface area (Å²) in [5, 5.41) is 4.55. The van der Waals surface area contributed by atoms with Crippen LogP contribution in [0.5, 0.6) is 0 Å². The van der Waals surface area contributed by atoms with E-state index < -0.39 is 0 Å². The van der Waals surface area contributed by atoms with Gasteiger partial charge >= 0.3 is 0 Å². The third kappa shape index (κ3) is 3.48. The first-order chi connectivity index (χ1) is 13.0. The largest absolute Gasteiger partial charge is 0.336 e. The summed E-state index contributed by atoms with van der Waals surface area (Å²) in [6, 6.07) is 15.5. The number of likely N-dealkylation sites (tertiary alicyclic amines) is 1. The van der Waals surface area contributed by atoms with E-state index >= 15 is 0 Å². The highest BCUT2D eigenvalue weighted by Gasteiger charge is 2.27. The van der Waals surface area contributed by atoms with Crippen LogP contribution in [0.3, 0.4) is 0 Å². The fourth-order valence-corrected chi connectivity index (χ4v) is 3.28. The van der Waals surface area contributed by atoms with E-state index in [9.17, 15) is 9.18 Å². The molecule has 5 nitrogen and oxygen atoms in total. The number of rotatable bonds is 3. The van der Waals surface area contributed by atoms with Gasteiger partial charge < -0.3 is 10.6 Å². The van der Waals surface area contributed by atoms with Crippen molar-refractivity contribution in [2.24, 2.45) is 5.73 Å². The number of amides is 1. The molecule has 6 heteroatoms. The van der Waals surface area contributed by atoms with Crippen LogP contribution < -0.4 is 5.73 Å². The summed E-state index contributed by atoms with van der Waals surface area (Å²) in [6.07, 6.45) is 0.794. The van der Waals surface area contributed by atoms with Gasteiger partial charge in [-0.05, 0) is 61.4 Å². The topological polar surface area (TPSA) is 64.2 Å². The van der Waals surface area contributed by atoms with Crippen LogP contribution in [-0.2, 0) is 0 Å². The first-order valence-electron chi connectivity index (χ1n) is 8.84. The first-order valence-corrected chi connectivity index (χ1v) is 8.84. The van der Waals surface area contributed by atoms with Crippen LogP contribution in [0.25, 0.3) is 16.9 Å². The molecule has 0 bridgehead atoms. The minimum Gasteiger partial charge on any atom is -0.336 e. The van der Waals surface area contributed by atoms with Crippen LogP contribution in [0.15, 0.2) is 54.6 Å². The van der Waals surface area contributed by atoms with E-state index in [1.807, 2.05) is 24.3 Å². The van der Waals surface area contributed by atoms with Gasteiger partial charge in [-0.2, -0.15) is 5.10 Å². The van der Waals surface area contributed by atoms with Gasteiger partial charge in [-0.25, -0.2) is 9.07 Å². The molecular weight excluding hydrogens is 343 g/mol. The fraction of sp³-hybridized carbons (Fsp3) is 0.190. The second-order valence-corrected chi connectivity index (χ2v) is 6.80. The van der Waals surface area contributed by atoms with Gasteiger partial charge in [0.05, 0.1) is 11.4 Å². The normalized spacial score (nSPS) is 16.7. The Hall–Kier alpha value is -2.99. The highest BCUT2D eigenvalue weighted by atomic mass is 19.1. The molecule has 1 atom stereocenters. The van der Waals surface area contributed by atoms with Crippen molar-refractivity contribution < 1.29 is 9.18 Å². The van der Waals surface area contributed by atoms with Gasteiger partial charge in [0.1, 0.15) is 5.82 Å². The molecule has 1 saturated heterocycles. The van der Waals surface area contributed by atoms with Crippen molar-refractivity contribution in [2.75, 3.05) is 13.1 Å². The second kappa shape index (κ2) is 6.96. The number of nitrogens with two attached hydrogens (primary N) is 1. The predicted molar refractivity (Wildman–Crippen MR) is 102 cm³/mol. The highest BCUT2D eigenvalue weighted by Crippen LogP contribution is 2.26. The molecular formula is C21H20FN4O. The molecule has 1 radical (unpaired) electrons. The SMILES string of the molecule is [CH2]c1ccc(-n2nc(C(=O)N3CC[C@H](N)C3)cc2-c2ccc(F)cc2)cc1. The number of benzene rings is 2. The van der Waals surface area contributed by atoms with E-state index in [-0.39, 0.29) is 17.8 Å². The average Bonchev–Trinajstić information content (AvgIpc) is 3.29. The molecule has 2 N–H and O–H groups in total. The Bertz CT molecular complexity index is 900. The Morgan fingerprint density at radius 2 is 1.85 bits per heavy atom. The molecule has 0 saturated carbocycles. The molecule has 0 aliphatic carbocycles. The van der Waals surface area contributed by atoms with Crippen molar-refractivity contribution in [3.8, 4) is 16.9 Å². The Kier molecular flexibility index (Phi) is 4.49. The standard InChI is InChI=1S/C21H20FN4O/c1-14-2-8-18(9-3-14)26-20(15-4-6-16(22)7-5-15)12-19(24-26)21(27)25-11-10-17(23)13-25/h2-9,12,17H,1,10-11,13,23H2/t17-/m0/s1. The lowest BCUT2D eigenvalue weighted by molar-refractivity contribution is 0.0784. The molecule has 4 rings (SSSR count). The zero-order valence-electron chi connectivity index (χ0n) is 14.8. The third-order valence-corrected chi connectivity index (χ3v) is 4.76. The van der Waals surface area contributed by atoms with Crippen molar-refractivity contribution in [3.05, 3.63) is 78.6 Å². The van der Waals surface area contributed by atoms with Crippen molar-refractivity contribution in [2.45, 2.75) is 12.5 Å². The zero-order chi connectivity index (χ0) is 19.0.